The first kappa shape index (κ1) is 10.1. The summed E-state index contributed by atoms with van der Waals surface area (Å²) in [6.07, 6.45) is 3.85. The molecule has 0 saturated heterocycles. The number of aromatic nitrogens is 2. The van der Waals surface area contributed by atoms with E-state index in [4.69, 9.17) is 0 Å². The molecule has 0 bridgehead atoms. The number of nitro groups is 1. The van der Waals surface area contributed by atoms with Gasteiger partial charge in [-0.05, 0) is 20.3 Å². The van der Waals surface area contributed by atoms with E-state index < -0.39 is 6.04 Å². The van der Waals surface area contributed by atoms with E-state index >= 15 is 0 Å². The molecule has 2 rings (SSSR count). The maximum absolute atomic E-state index is 10.7. The van der Waals surface area contributed by atoms with E-state index in [1.807, 2.05) is 10.9 Å². The summed E-state index contributed by atoms with van der Waals surface area (Å²) in [5, 5.41) is 15.1. The van der Waals surface area contributed by atoms with Crippen LogP contribution in [-0.2, 0) is 12.8 Å². The van der Waals surface area contributed by atoms with Crippen molar-refractivity contribution in [3.05, 3.63) is 27.6 Å². The molecule has 5 heteroatoms. The molecule has 1 aliphatic rings. The van der Waals surface area contributed by atoms with Gasteiger partial charge in [0.15, 0.2) is 0 Å². The molecule has 0 N–H and O–H groups in total. The molecule has 0 spiro atoms. The van der Waals surface area contributed by atoms with Gasteiger partial charge in [0.1, 0.15) is 0 Å². The minimum Gasteiger partial charge on any atom is -0.270 e. The SMILES string of the molecule is CC(C)n1cc2c(n1)CCC([N+](=O)[O-])C2. The van der Waals surface area contributed by atoms with Crippen LogP contribution in [0.15, 0.2) is 6.20 Å². The van der Waals surface area contributed by atoms with Gasteiger partial charge >= 0.3 is 0 Å². The Morgan fingerprint density at radius 3 is 3.00 bits per heavy atom. The van der Waals surface area contributed by atoms with Crippen molar-refractivity contribution in [1.82, 2.24) is 9.78 Å². The molecular formula is C10H15N3O2. The van der Waals surface area contributed by atoms with Gasteiger partial charge in [0.2, 0.25) is 6.04 Å². The number of rotatable bonds is 2. The number of nitrogens with zero attached hydrogens (tertiary/aromatic N) is 3. The van der Waals surface area contributed by atoms with E-state index in [1.54, 1.807) is 0 Å². The lowest BCUT2D eigenvalue weighted by Crippen LogP contribution is -2.26. The lowest BCUT2D eigenvalue weighted by Gasteiger charge is -2.13. The Kier molecular flexibility index (Phi) is 2.46. The molecule has 0 aromatic carbocycles. The van der Waals surface area contributed by atoms with E-state index in [-0.39, 0.29) is 4.92 Å². The molecule has 1 aromatic rings. The predicted molar refractivity (Wildman–Crippen MR) is 55.4 cm³/mol. The summed E-state index contributed by atoms with van der Waals surface area (Å²) in [7, 11) is 0. The third kappa shape index (κ3) is 1.86. The Balaban J connectivity index is 2.22. The normalized spacial score (nSPS) is 20.3. The Labute approximate surface area is 88.2 Å². The average molecular weight is 209 g/mol. The number of aryl methyl sites for hydroxylation is 1. The molecule has 0 saturated carbocycles. The Bertz CT molecular complexity index is 384. The van der Waals surface area contributed by atoms with Crippen molar-refractivity contribution < 1.29 is 4.92 Å². The zero-order valence-electron chi connectivity index (χ0n) is 9.01. The fourth-order valence-corrected chi connectivity index (χ4v) is 1.95. The zero-order valence-corrected chi connectivity index (χ0v) is 9.01. The molecule has 15 heavy (non-hydrogen) atoms. The highest BCUT2D eigenvalue weighted by Crippen LogP contribution is 2.22. The minimum absolute atomic E-state index is 0.171. The van der Waals surface area contributed by atoms with Crippen LogP contribution in [0.3, 0.4) is 0 Å². The Morgan fingerprint density at radius 2 is 2.40 bits per heavy atom. The topological polar surface area (TPSA) is 61.0 Å². The van der Waals surface area contributed by atoms with Crippen molar-refractivity contribution >= 4 is 0 Å². The van der Waals surface area contributed by atoms with Crippen LogP contribution in [0.2, 0.25) is 0 Å². The smallest absolute Gasteiger partial charge is 0.217 e. The molecule has 1 unspecified atom stereocenters. The van der Waals surface area contributed by atoms with Crippen molar-refractivity contribution in [1.29, 1.82) is 0 Å². The van der Waals surface area contributed by atoms with E-state index in [9.17, 15) is 10.1 Å². The summed E-state index contributed by atoms with van der Waals surface area (Å²) in [4.78, 5) is 10.5. The summed E-state index contributed by atoms with van der Waals surface area (Å²) >= 11 is 0. The summed E-state index contributed by atoms with van der Waals surface area (Å²) in [6.45, 7) is 4.12. The minimum atomic E-state index is -0.415. The maximum atomic E-state index is 10.7. The van der Waals surface area contributed by atoms with Crippen LogP contribution in [-0.4, -0.2) is 20.7 Å². The van der Waals surface area contributed by atoms with Crippen LogP contribution in [0, 0.1) is 10.1 Å². The fraction of sp³-hybridized carbons (Fsp3) is 0.700. The largest absolute Gasteiger partial charge is 0.270 e. The van der Waals surface area contributed by atoms with Crippen molar-refractivity contribution in [2.24, 2.45) is 0 Å². The zero-order chi connectivity index (χ0) is 11.0. The van der Waals surface area contributed by atoms with Gasteiger partial charge in [0.05, 0.1) is 5.69 Å². The summed E-state index contributed by atoms with van der Waals surface area (Å²) in [5.74, 6) is 0. The number of fused-ring (bicyclic) bond motifs is 1. The second-order valence-corrected chi connectivity index (χ2v) is 4.36. The molecule has 0 fully saturated rings. The molecule has 1 aromatic heterocycles. The van der Waals surface area contributed by atoms with Gasteiger partial charge in [-0.25, -0.2) is 0 Å². The number of hydrogen-bond acceptors (Lipinski definition) is 3. The standard InChI is InChI=1S/C10H15N3O2/c1-7(2)12-6-8-5-9(13(14)15)3-4-10(8)11-12/h6-7,9H,3-5H2,1-2H3. The Hall–Kier alpha value is -1.39. The average Bonchev–Trinajstić information content (AvgIpc) is 2.59. The molecule has 0 aliphatic heterocycles. The monoisotopic (exact) mass is 209 g/mol. The molecule has 5 nitrogen and oxygen atoms in total. The molecule has 1 atom stereocenters. The predicted octanol–water partition coefficient (Wildman–Crippen LogP) is 1.60. The molecular weight excluding hydrogens is 194 g/mol. The van der Waals surface area contributed by atoms with Gasteiger partial charge in [0.25, 0.3) is 0 Å². The first-order chi connectivity index (χ1) is 7.08. The summed E-state index contributed by atoms with van der Waals surface area (Å²) < 4.78 is 1.90. The molecule has 1 heterocycles. The van der Waals surface area contributed by atoms with E-state index in [1.165, 1.54) is 0 Å². The van der Waals surface area contributed by atoms with E-state index in [0.29, 0.717) is 18.9 Å². The van der Waals surface area contributed by atoms with Gasteiger partial charge in [-0.2, -0.15) is 5.10 Å². The second kappa shape index (κ2) is 3.64. The van der Waals surface area contributed by atoms with Crippen molar-refractivity contribution in [3.63, 3.8) is 0 Å². The van der Waals surface area contributed by atoms with Crippen LogP contribution >= 0.6 is 0 Å². The third-order valence-electron chi connectivity index (χ3n) is 2.89. The highest BCUT2D eigenvalue weighted by atomic mass is 16.6. The summed E-state index contributed by atoms with van der Waals surface area (Å²) in [5.41, 5.74) is 2.10. The number of hydrogen-bond donors (Lipinski definition) is 0. The summed E-state index contributed by atoms with van der Waals surface area (Å²) in [6, 6.07) is -0.0908. The maximum Gasteiger partial charge on any atom is 0.217 e. The quantitative estimate of drug-likeness (QED) is 0.549. The molecule has 1 aliphatic carbocycles. The van der Waals surface area contributed by atoms with E-state index in [2.05, 4.69) is 18.9 Å². The first-order valence-electron chi connectivity index (χ1n) is 5.28. The van der Waals surface area contributed by atoms with Gasteiger partial charge in [-0.1, -0.05) is 0 Å². The van der Waals surface area contributed by atoms with Gasteiger partial charge in [-0.15, -0.1) is 0 Å². The van der Waals surface area contributed by atoms with Crippen molar-refractivity contribution in [2.75, 3.05) is 0 Å². The molecule has 82 valence electrons. The van der Waals surface area contributed by atoms with Crippen molar-refractivity contribution in [3.8, 4) is 0 Å². The molecule has 0 radical (unpaired) electrons. The van der Waals surface area contributed by atoms with Crippen molar-refractivity contribution in [2.45, 2.75) is 45.2 Å². The van der Waals surface area contributed by atoms with Crippen LogP contribution < -0.4 is 0 Å². The highest BCUT2D eigenvalue weighted by Gasteiger charge is 2.29. The highest BCUT2D eigenvalue weighted by molar-refractivity contribution is 5.21. The molecule has 0 amide bonds. The third-order valence-corrected chi connectivity index (χ3v) is 2.89. The van der Waals surface area contributed by atoms with Gasteiger partial charge in [-0.3, -0.25) is 14.8 Å². The lowest BCUT2D eigenvalue weighted by molar-refractivity contribution is -0.523. The van der Waals surface area contributed by atoms with E-state index in [0.717, 1.165) is 17.7 Å². The van der Waals surface area contributed by atoms with Gasteiger partial charge in [0, 0.05) is 35.6 Å². The van der Waals surface area contributed by atoms with Gasteiger partial charge < -0.3 is 0 Å². The van der Waals surface area contributed by atoms with Crippen LogP contribution in [0.25, 0.3) is 0 Å². The second-order valence-electron chi connectivity index (χ2n) is 4.36. The first-order valence-corrected chi connectivity index (χ1v) is 5.28. The lowest BCUT2D eigenvalue weighted by atomic mass is 9.94. The van der Waals surface area contributed by atoms with Crippen LogP contribution in [0.4, 0.5) is 0 Å². The Morgan fingerprint density at radius 1 is 1.67 bits per heavy atom. The van der Waals surface area contributed by atoms with Crippen LogP contribution in [0.1, 0.15) is 37.6 Å². The van der Waals surface area contributed by atoms with Crippen LogP contribution in [0.5, 0.6) is 0 Å². The fourth-order valence-electron chi connectivity index (χ4n) is 1.95.